The Bertz CT molecular complexity index is 737. The molecule has 3 aromatic rings. The van der Waals surface area contributed by atoms with Crippen LogP contribution in [0.1, 0.15) is 11.5 Å². The molecule has 0 aliphatic heterocycles. The van der Waals surface area contributed by atoms with Crippen molar-refractivity contribution in [2.45, 2.75) is 17.6 Å². The van der Waals surface area contributed by atoms with Gasteiger partial charge in [0.15, 0.2) is 0 Å². The van der Waals surface area contributed by atoms with E-state index in [9.17, 15) is 0 Å². The maximum atomic E-state index is 5.91. The molecule has 1 heterocycles. The lowest BCUT2D eigenvalue weighted by atomic mass is 10.1. The van der Waals surface area contributed by atoms with Gasteiger partial charge in [0.25, 0.3) is 0 Å². The van der Waals surface area contributed by atoms with Gasteiger partial charge in [-0.1, -0.05) is 29.8 Å². The van der Waals surface area contributed by atoms with Gasteiger partial charge in [0.05, 0.1) is 5.75 Å². The van der Waals surface area contributed by atoms with Crippen LogP contribution in [-0.2, 0) is 5.75 Å². The summed E-state index contributed by atoms with van der Waals surface area (Å²) in [6.45, 7) is 2.05. The molecule has 5 heteroatoms. The van der Waals surface area contributed by atoms with Crippen LogP contribution in [0.25, 0.3) is 11.5 Å². The minimum Gasteiger partial charge on any atom is -0.420 e. The zero-order valence-corrected chi connectivity index (χ0v) is 12.4. The Balaban J connectivity index is 1.71. The van der Waals surface area contributed by atoms with Gasteiger partial charge in [-0.15, -0.1) is 22.0 Å². The number of para-hydroxylation sites is 1. The number of thioether (sulfide) groups is 1. The summed E-state index contributed by atoms with van der Waals surface area (Å²) in [4.78, 5) is 1.02. The van der Waals surface area contributed by atoms with E-state index in [0.717, 1.165) is 16.1 Å². The highest BCUT2D eigenvalue weighted by molar-refractivity contribution is 7.98. The van der Waals surface area contributed by atoms with E-state index in [1.165, 1.54) is 5.56 Å². The first-order chi connectivity index (χ1) is 10.2. The first kappa shape index (κ1) is 13.7. The molecule has 0 saturated carbocycles. The molecule has 0 aliphatic carbocycles. The smallest absolute Gasteiger partial charge is 0.247 e. The van der Waals surface area contributed by atoms with Crippen molar-refractivity contribution < 1.29 is 4.42 Å². The maximum Gasteiger partial charge on any atom is 0.247 e. The summed E-state index contributed by atoms with van der Waals surface area (Å²) < 4.78 is 5.69. The summed E-state index contributed by atoms with van der Waals surface area (Å²) in [7, 11) is 0. The monoisotopic (exact) mass is 297 g/mol. The van der Waals surface area contributed by atoms with Crippen molar-refractivity contribution in [2.75, 3.05) is 5.73 Å². The van der Waals surface area contributed by atoms with Crippen LogP contribution in [-0.4, -0.2) is 10.2 Å². The zero-order chi connectivity index (χ0) is 14.7. The molecule has 3 rings (SSSR count). The molecule has 4 nitrogen and oxygen atoms in total. The van der Waals surface area contributed by atoms with Gasteiger partial charge < -0.3 is 10.2 Å². The van der Waals surface area contributed by atoms with Crippen LogP contribution in [0.15, 0.2) is 57.8 Å². The summed E-state index contributed by atoms with van der Waals surface area (Å²) in [5, 5.41) is 8.17. The van der Waals surface area contributed by atoms with Crippen molar-refractivity contribution in [3.63, 3.8) is 0 Å². The predicted octanol–water partition coefficient (Wildman–Crippen LogP) is 3.92. The number of nitrogen functional groups attached to an aromatic ring is 1. The number of nitrogens with zero attached hydrogens (tertiary/aromatic N) is 2. The lowest BCUT2D eigenvalue weighted by molar-refractivity contribution is 0.528. The number of nitrogens with two attached hydrogens (primary N) is 1. The number of aryl methyl sites for hydroxylation is 1. The largest absolute Gasteiger partial charge is 0.420 e. The molecule has 106 valence electrons. The van der Waals surface area contributed by atoms with Crippen LogP contribution in [0.4, 0.5) is 5.69 Å². The van der Waals surface area contributed by atoms with Gasteiger partial charge in [0, 0.05) is 16.1 Å². The molecule has 2 aromatic carbocycles. The lowest BCUT2D eigenvalue weighted by Gasteiger charge is -2.02. The van der Waals surface area contributed by atoms with Crippen LogP contribution in [0, 0.1) is 6.92 Å². The fourth-order valence-corrected chi connectivity index (χ4v) is 2.68. The van der Waals surface area contributed by atoms with E-state index >= 15 is 0 Å². The molecule has 0 radical (unpaired) electrons. The molecular formula is C16H15N3OS. The summed E-state index contributed by atoms with van der Waals surface area (Å²) in [6, 6.07) is 15.8. The number of aromatic nitrogens is 2. The molecular weight excluding hydrogens is 282 g/mol. The highest BCUT2D eigenvalue weighted by Crippen LogP contribution is 2.28. The summed E-state index contributed by atoms with van der Waals surface area (Å²) in [5.74, 6) is 1.75. The molecule has 21 heavy (non-hydrogen) atoms. The second-order valence-corrected chi connectivity index (χ2v) is 5.71. The molecule has 0 unspecified atom stereocenters. The van der Waals surface area contributed by atoms with E-state index in [2.05, 4.69) is 10.2 Å². The van der Waals surface area contributed by atoms with Crippen LogP contribution in [0.3, 0.4) is 0 Å². The Morgan fingerprint density at radius 3 is 2.57 bits per heavy atom. The molecule has 0 amide bonds. The topological polar surface area (TPSA) is 64.9 Å². The third-order valence-corrected chi connectivity index (χ3v) is 4.11. The molecule has 0 saturated heterocycles. The minimum absolute atomic E-state index is 0.548. The summed E-state index contributed by atoms with van der Waals surface area (Å²) in [6.07, 6.45) is 0. The van der Waals surface area contributed by atoms with Gasteiger partial charge in [-0.25, -0.2) is 0 Å². The number of anilines is 1. The fraction of sp³-hybridized carbons (Fsp3) is 0.125. The number of hydrogen-bond donors (Lipinski definition) is 1. The minimum atomic E-state index is 0.548. The van der Waals surface area contributed by atoms with Crippen molar-refractivity contribution in [3.05, 3.63) is 60.0 Å². The third-order valence-electron chi connectivity index (χ3n) is 3.04. The second-order valence-electron chi connectivity index (χ2n) is 4.69. The van der Waals surface area contributed by atoms with E-state index < -0.39 is 0 Å². The molecule has 1 aromatic heterocycles. The van der Waals surface area contributed by atoms with Gasteiger partial charge in [-0.2, -0.15) is 0 Å². The molecule has 0 bridgehead atoms. The highest BCUT2D eigenvalue weighted by Gasteiger charge is 2.09. The quantitative estimate of drug-likeness (QED) is 0.584. The first-order valence-corrected chi connectivity index (χ1v) is 7.57. The lowest BCUT2D eigenvalue weighted by Crippen LogP contribution is -1.88. The van der Waals surface area contributed by atoms with E-state index in [1.807, 2.05) is 55.5 Å². The first-order valence-electron chi connectivity index (χ1n) is 6.59. The summed E-state index contributed by atoms with van der Waals surface area (Å²) >= 11 is 1.59. The molecule has 0 spiro atoms. The Labute approximate surface area is 127 Å². The molecule has 2 N–H and O–H groups in total. The van der Waals surface area contributed by atoms with Crippen molar-refractivity contribution in [2.24, 2.45) is 0 Å². The zero-order valence-electron chi connectivity index (χ0n) is 11.6. The number of rotatable bonds is 4. The van der Waals surface area contributed by atoms with Crippen LogP contribution in [0.5, 0.6) is 0 Å². The van der Waals surface area contributed by atoms with E-state index in [1.54, 1.807) is 11.8 Å². The second kappa shape index (κ2) is 6.01. The Kier molecular flexibility index (Phi) is 3.92. The van der Waals surface area contributed by atoms with Crippen LogP contribution >= 0.6 is 11.8 Å². The standard InChI is InChI=1S/C16H15N3OS/c1-11-6-8-12(9-7-11)16-19-18-15(20-16)10-21-14-5-3-2-4-13(14)17/h2-9H,10,17H2,1H3. The van der Waals surface area contributed by atoms with Crippen molar-refractivity contribution in [3.8, 4) is 11.5 Å². The van der Waals surface area contributed by atoms with Gasteiger partial charge in [0.2, 0.25) is 11.8 Å². The number of benzene rings is 2. The van der Waals surface area contributed by atoms with E-state index in [4.69, 9.17) is 10.2 Å². The average molecular weight is 297 g/mol. The fourth-order valence-electron chi connectivity index (χ4n) is 1.88. The Morgan fingerprint density at radius 2 is 1.81 bits per heavy atom. The Hall–Kier alpha value is -2.27. The van der Waals surface area contributed by atoms with Crippen molar-refractivity contribution in [1.29, 1.82) is 0 Å². The molecule has 0 aliphatic rings. The van der Waals surface area contributed by atoms with E-state index in [-0.39, 0.29) is 0 Å². The SMILES string of the molecule is Cc1ccc(-c2nnc(CSc3ccccc3N)o2)cc1. The maximum absolute atomic E-state index is 5.91. The average Bonchev–Trinajstić information content (AvgIpc) is 2.96. The van der Waals surface area contributed by atoms with Crippen molar-refractivity contribution >= 4 is 17.4 Å². The number of hydrogen-bond acceptors (Lipinski definition) is 5. The van der Waals surface area contributed by atoms with Crippen LogP contribution in [0.2, 0.25) is 0 Å². The van der Waals surface area contributed by atoms with E-state index in [0.29, 0.717) is 17.5 Å². The van der Waals surface area contributed by atoms with Gasteiger partial charge in [0.1, 0.15) is 0 Å². The van der Waals surface area contributed by atoms with Gasteiger partial charge in [-0.3, -0.25) is 0 Å². The normalized spacial score (nSPS) is 10.7. The van der Waals surface area contributed by atoms with Gasteiger partial charge in [-0.05, 0) is 31.2 Å². The molecule has 0 atom stereocenters. The van der Waals surface area contributed by atoms with Gasteiger partial charge >= 0.3 is 0 Å². The molecule has 0 fully saturated rings. The summed E-state index contributed by atoms with van der Waals surface area (Å²) in [5.41, 5.74) is 8.81. The third kappa shape index (κ3) is 3.25. The highest BCUT2D eigenvalue weighted by atomic mass is 32.2. The predicted molar refractivity (Wildman–Crippen MR) is 84.9 cm³/mol. The van der Waals surface area contributed by atoms with Crippen molar-refractivity contribution in [1.82, 2.24) is 10.2 Å². The van der Waals surface area contributed by atoms with Crippen LogP contribution < -0.4 is 5.73 Å². The Morgan fingerprint density at radius 1 is 1.05 bits per heavy atom.